The molecule has 2 nitrogen and oxygen atoms in total. The summed E-state index contributed by atoms with van der Waals surface area (Å²) in [5, 5.41) is 0.604. The van der Waals surface area contributed by atoms with Crippen molar-refractivity contribution in [2.24, 2.45) is 5.73 Å². The molecule has 2 N–H and O–H groups in total. The number of hydrogen-bond donors (Lipinski definition) is 1. The molecule has 0 fully saturated rings. The monoisotopic (exact) mass is 353 g/mol. The van der Waals surface area contributed by atoms with Gasteiger partial charge in [-0.2, -0.15) is 0 Å². The number of hydrogen-bond acceptors (Lipinski definition) is 2. The third kappa shape index (κ3) is 3.75. The van der Waals surface area contributed by atoms with Crippen LogP contribution in [0.4, 0.5) is 0 Å². The molecule has 106 valence electrons. The lowest BCUT2D eigenvalue weighted by molar-refractivity contribution is 0.180. The number of halogens is 2. The van der Waals surface area contributed by atoms with Crippen molar-refractivity contribution in [1.82, 2.24) is 0 Å². The minimum atomic E-state index is -0.233. The fraction of sp³-hybridized carbons (Fsp3) is 0.250. The maximum Gasteiger partial charge on any atom is 0.139 e. The van der Waals surface area contributed by atoms with E-state index in [0.717, 1.165) is 15.6 Å². The number of rotatable bonds is 4. The number of ether oxygens (including phenoxy) is 1. The van der Waals surface area contributed by atoms with Gasteiger partial charge in [0.2, 0.25) is 0 Å². The van der Waals surface area contributed by atoms with E-state index in [9.17, 15) is 0 Å². The molecule has 2 aromatic rings. The van der Waals surface area contributed by atoms with Crippen LogP contribution in [0.1, 0.15) is 24.2 Å². The van der Waals surface area contributed by atoms with Crippen LogP contribution in [0.25, 0.3) is 0 Å². The molecule has 0 saturated carbocycles. The van der Waals surface area contributed by atoms with Crippen molar-refractivity contribution in [3.05, 3.63) is 63.1 Å². The van der Waals surface area contributed by atoms with Crippen molar-refractivity contribution in [2.45, 2.75) is 26.0 Å². The lowest BCUT2D eigenvalue weighted by Gasteiger charge is -2.23. The Balaban J connectivity index is 2.28. The molecular weight excluding hydrogens is 338 g/mol. The highest BCUT2D eigenvalue weighted by Gasteiger charge is 2.19. The van der Waals surface area contributed by atoms with Crippen LogP contribution in [0.5, 0.6) is 5.75 Å². The predicted octanol–water partition coefficient (Wildman–Crippen LogP) is 4.88. The second-order valence-corrected chi connectivity index (χ2v) is 6.21. The van der Waals surface area contributed by atoms with Crippen molar-refractivity contribution in [3.8, 4) is 5.75 Å². The highest BCUT2D eigenvalue weighted by Crippen LogP contribution is 2.31. The zero-order chi connectivity index (χ0) is 14.7. The largest absolute Gasteiger partial charge is 0.483 e. The van der Waals surface area contributed by atoms with Gasteiger partial charge in [-0.25, -0.2) is 0 Å². The second-order valence-electron chi connectivity index (χ2n) is 4.88. The second kappa shape index (κ2) is 6.61. The smallest absolute Gasteiger partial charge is 0.139 e. The minimum absolute atomic E-state index is 0.145. The Bertz CT molecular complexity index is 584. The van der Waals surface area contributed by atoms with Crippen LogP contribution in [0, 0.1) is 6.92 Å². The number of aryl methyl sites for hydroxylation is 1. The van der Waals surface area contributed by atoms with Gasteiger partial charge in [0.05, 0.1) is 5.02 Å². The van der Waals surface area contributed by atoms with Crippen molar-refractivity contribution in [1.29, 1.82) is 0 Å². The Kier molecular flexibility index (Phi) is 5.08. The Labute approximate surface area is 133 Å². The summed E-state index contributed by atoms with van der Waals surface area (Å²) in [6, 6.07) is 13.5. The van der Waals surface area contributed by atoms with Crippen molar-refractivity contribution >= 4 is 27.5 Å². The molecule has 2 atom stereocenters. The molecule has 2 rings (SSSR count). The van der Waals surface area contributed by atoms with Gasteiger partial charge >= 0.3 is 0 Å². The molecule has 0 spiro atoms. The first-order chi connectivity index (χ1) is 9.47. The molecule has 2 aromatic carbocycles. The standard InChI is InChI=1S/C16H17BrClNO/c1-10-3-8-15(14(18)9-10)20-16(11(2)19)12-4-6-13(17)7-5-12/h3-9,11,16H,19H2,1-2H3. The molecule has 0 saturated heterocycles. The maximum absolute atomic E-state index is 6.22. The highest BCUT2D eigenvalue weighted by molar-refractivity contribution is 9.10. The predicted molar refractivity (Wildman–Crippen MR) is 87.3 cm³/mol. The molecule has 4 heteroatoms. The zero-order valence-corrected chi connectivity index (χ0v) is 13.8. The summed E-state index contributed by atoms with van der Waals surface area (Å²) < 4.78 is 7.04. The third-order valence-electron chi connectivity index (χ3n) is 3.02. The van der Waals surface area contributed by atoms with Crippen LogP contribution in [0.2, 0.25) is 5.02 Å². The van der Waals surface area contributed by atoms with Crippen LogP contribution in [0.15, 0.2) is 46.9 Å². The van der Waals surface area contributed by atoms with Gasteiger partial charge in [0.1, 0.15) is 11.9 Å². The summed E-state index contributed by atoms with van der Waals surface area (Å²) in [5.41, 5.74) is 8.18. The van der Waals surface area contributed by atoms with E-state index in [4.69, 9.17) is 22.1 Å². The first-order valence-electron chi connectivity index (χ1n) is 6.41. The Morgan fingerprint density at radius 1 is 1.15 bits per heavy atom. The molecule has 0 heterocycles. The Morgan fingerprint density at radius 2 is 1.80 bits per heavy atom. The van der Waals surface area contributed by atoms with E-state index in [0.29, 0.717) is 10.8 Å². The molecule has 2 unspecified atom stereocenters. The van der Waals surface area contributed by atoms with Crippen molar-refractivity contribution in [2.75, 3.05) is 0 Å². The molecule has 20 heavy (non-hydrogen) atoms. The summed E-state index contributed by atoms with van der Waals surface area (Å²) in [6.07, 6.45) is -0.233. The molecule has 0 radical (unpaired) electrons. The lowest BCUT2D eigenvalue weighted by atomic mass is 10.0. The first kappa shape index (κ1) is 15.4. The molecule has 0 aliphatic rings. The van der Waals surface area contributed by atoms with Gasteiger partial charge in [0.25, 0.3) is 0 Å². The molecule has 0 amide bonds. The fourth-order valence-electron chi connectivity index (χ4n) is 1.97. The van der Waals surface area contributed by atoms with E-state index in [-0.39, 0.29) is 12.1 Å². The van der Waals surface area contributed by atoms with Gasteiger partial charge < -0.3 is 10.5 Å². The third-order valence-corrected chi connectivity index (χ3v) is 3.84. The average Bonchev–Trinajstić information content (AvgIpc) is 2.39. The summed E-state index contributed by atoms with van der Waals surface area (Å²) in [6.45, 7) is 3.92. The van der Waals surface area contributed by atoms with Gasteiger partial charge in [0, 0.05) is 10.5 Å². The van der Waals surface area contributed by atoms with E-state index in [1.807, 2.05) is 56.3 Å². The van der Waals surface area contributed by atoms with E-state index in [2.05, 4.69) is 15.9 Å². The number of benzene rings is 2. The lowest BCUT2D eigenvalue weighted by Crippen LogP contribution is -2.29. The quantitative estimate of drug-likeness (QED) is 0.849. The SMILES string of the molecule is Cc1ccc(OC(c2ccc(Br)cc2)C(C)N)c(Cl)c1. The van der Waals surface area contributed by atoms with Crippen LogP contribution >= 0.6 is 27.5 Å². The minimum Gasteiger partial charge on any atom is -0.483 e. The van der Waals surface area contributed by atoms with Crippen molar-refractivity contribution in [3.63, 3.8) is 0 Å². The van der Waals surface area contributed by atoms with Gasteiger partial charge in [-0.15, -0.1) is 0 Å². The van der Waals surface area contributed by atoms with Gasteiger partial charge in [-0.3, -0.25) is 0 Å². The van der Waals surface area contributed by atoms with E-state index < -0.39 is 0 Å². The van der Waals surface area contributed by atoms with Crippen molar-refractivity contribution < 1.29 is 4.74 Å². The summed E-state index contributed by atoms with van der Waals surface area (Å²) >= 11 is 9.64. The van der Waals surface area contributed by atoms with Gasteiger partial charge in [0.15, 0.2) is 0 Å². The van der Waals surface area contributed by atoms with Crippen LogP contribution in [0.3, 0.4) is 0 Å². The normalized spacial score (nSPS) is 13.8. The van der Waals surface area contributed by atoms with Gasteiger partial charge in [-0.1, -0.05) is 45.7 Å². The molecular formula is C16H17BrClNO. The number of nitrogens with two attached hydrogens (primary N) is 1. The summed E-state index contributed by atoms with van der Waals surface area (Å²) in [5.74, 6) is 0.655. The van der Waals surface area contributed by atoms with Gasteiger partial charge in [-0.05, 0) is 49.2 Å². The summed E-state index contributed by atoms with van der Waals surface area (Å²) in [4.78, 5) is 0. The average molecular weight is 355 g/mol. The van der Waals surface area contributed by atoms with E-state index in [1.54, 1.807) is 0 Å². The summed E-state index contributed by atoms with van der Waals surface area (Å²) in [7, 11) is 0. The molecule has 0 aliphatic carbocycles. The topological polar surface area (TPSA) is 35.2 Å². The van der Waals surface area contributed by atoms with Crippen LogP contribution in [-0.4, -0.2) is 6.04 Å². The van der Waals surface area contributed by atoms with Crippen LogP contribution < -0.4 is 10.5 Å². The van der Waals surface area contributed by atoms with E-state index in [1.165, 1.54) is 0 Å². The Hall–Kier alpha value is -1.03. The fourth-order valence-corrected chi connectivity index (χ4v) is 2.51. The van der Waals surface area contributed by atoms with E-state index >= 15 is 0 Å². The zero-order valence-electron chi connectivity index (χ0n) is 11.4. The Morgan fingerprint density at radius 3 is 2.35 bits per heavy atom. The highest BCUT2D eigenvalue weighted by atomic mass is 79.9. The molecule has 0 bridgehead atoms. The molecule has 0 aliphatic heterocycles. The maximum atomic E-state index is 6.22. The first-order valence-corrected chi connectivity index (χ1v) is 7.58. The molecule has 0 aromatic heterocycles. The van der Waals surface area contributed by atoms with Crippen LogP contribution in [-0.2, 0) is 0 Å².